The fourth-order valence-electron chi connectivity index (χ4n) is 4.28. The molecule has 1 aromatic carbocycles. The molecule has 7 heteroatoms. The van der Waals surface area contributed by atoms with Crippen LogP contribution in [0, 0.1) is 19.8 Å². The van der Waals surface area contributed by atoms with Gasteiger partial charge < -0.3 is 15.5 Å². The van der Waals surface area contributed by atoms with E-state index in [-0.39, 0.29) is 54.8 Å². The second kappa shape index (κ2) is 11.5. The predicted molar refractivity (Wildman–Crippen MR) is 120 cm³/mol. The van der Waals surface area contributed by atoms with Gasteiger partial charge in [-0.05, 0) is 63.6 Å². The summed E-state index contributed by atoms with van der Waals surface area (Å²) >= 11 is 0. The molecule has 2 amide bonds. The van der Waals surface area contributed by atoms with Gasteiger partial charge in [0.05, 0.1) is 6.04 Å². The molecule has 166 valence electrons. The first-order valence-corrected chi connectivity index (χ1v) is 10.8. The third-order valence-corrected chi connectivity index (χ3v) is 6.07. The first-order valence-electron chi connectivity index (χ1n) is 10.8. The van der Waals surface area contributed by atoms with Gasteiger partial charge in [0.2, 0.25) is 11.8 Å². The fraction of sp³-hybridized carbons (Fsp3) is 0.609. The van der Waals surface area contributed by atoms with Crippen molar-refractivity contribution in [2.24, 2.45) is 5.92 Å². The number of benzene rings is 1. The highest BCUT2D eigenvalue weighted by atomic mass is 35.5. The molecule has 2 unspecified atom stereocenters. The van der Waals surface area contributed by atoms with Crippen LogP contribution in [0.2, 0.25) is 0 Å². The monoisotopic (exact) mass is 435 g/mol. The number of hydrogen-bond acceptors (Lipinski definition) is 4. The molecule has 3 rings (SSSR count). The summed E-state index contributed by atoms with van der Waals surface area (Å²) in [4.78, 5) is 39.2. The Morgan fingerprint density at radius 2 is 1.93 bits per heavy atom. The summed E-state index contributed by atoms with van der Waals surface area (Å²) in [5.74, 6) is 0.430. The van der Waals surface area contributed by atoms with E-state index in [4.69, 9.17) is 0 Å². The van der Waals surface area contributed by atoms with Crippen LogP contribution in [0.1, 0.15) is 60.0 Å². The van der Waals surface area contributed by atoms with Gasteiger partial charge >= 0.3 is 0 Å². The molecule has 2 aliphatic rings. The van der Waals surface area contributed by atoms with E-state index < -0.39 is 0 Å². The van der Waals surface area contributed by atoms with Gasteiger partial charge in [-0.1, -0.05) is 17.7 Å². The maximum absolute atomic E-state index is 12.7. The van der Waals surface area contributed by atoms with Gasteiger partial charge in [-0.25, -0.2) is 0 Å². The van der Waals surface area contributed by atoms with Crippen molar-refractivity contribution in [1.82, 2.24) is 15.5 Å². The van der Waals surface area contributed by atoms with Gasteiger partial charge in [0, 0.05) is 38.0 Å². The smallest absolute Gasteiger partial charge is 0.237 e. The van der Waals surface area contributed by atoms with E-state index >= 15 is 0 Å². The third kappa shape index (κ3) is 6.54. The topological polar surface area (TPSA) is 78.5 Å². The van der Waals surface area contributed by atoms with Crippen molar-refractivity contribution in [3.05, 3.63) is 34.9 Å². The lowest BCUT2D eigenvalue weighted by atomic mass is 9.96. The molecule has 2 N–H and O–H groups in total. The number of halogens is 1. The zero-order valence-corrected chi connectivity index (χ0v) is 18.9. The minimum Gasteiger partial charge on any atom is -0.354 e. The SMILES string of the molecule is Cc1ccc(C)c(C(=O)CCC(=O)N2CCCC(CNC(=O)C3CCCN3)C2)c1.Cl. The van der Waals surface area contributed by atoms with Crippen LogP contribution in [-0.2, 0) is 9.59 Å². The first kappa shape index (κ1) is 24.4. The van der Waals surface area contributed by atoms with Crippen molar-refractivity contribution in [2.75, 3.05) is 26.2 Å². The minimum absolute atomic E-state index is 0. The molecule has 2 heterocycles. The lowest BCUT2D eigenvalue weighted by Gasteiger charge is -2.33. The minimum atomic E-state index is -0.0626. The quantitative estimate of drug-likeness (QED) is 0.645. The molecule has 2 aliphatic heterocycles. The number of Topliss-reactive ketones (excluding diaryl/α,β-unsaturated/α-hetero) is 1. The van der Waals surface area contributed by atoms with Crippen LogP contribution in [0.3, 0.4) is 0 Å². The zero-order valence-electron chi connectivity index (χ0n) is 18.0. The van der Waals surface area contributed by atoms with Gasteiger partial charge in [0.15, 0.2) is 5.78 Å². The average molecular weight is 436 g/mol. The van der Waals surface area contributed by atoms with Gasteiger partial charge in [0.25, 0.3) is 0 Å². The number of piperidine rings is 1. The van der Waals surface area contributed by atoms with Crippen LogP contribution in [0.25, 0.3) is 0 Å². The molecule has 6 nitrogen and oxygen atoms in total. The largest absolute Gasteiger partial charge is 0.354 e. The van der Waals surface area contributed by atoms with Crippen LogP contribution in [0.5, 0.6) is 0 Å². The molecule has 2 saturated heterocycles. The third-order valence-electron chi connectivity index (χ3n) is 6.07. The Kier molecular flexibility index (Phi) is 9.31. The Balaban J connectivity index is 0.00000320. The molecule has 30 heavy (non-hydrogen) atoms. The van der Waals surface area contributed by atoms with E-state index in [0.29, 0.717) is 13.1 Å². The normalized spacial score (nSPS) is 21.1. The van der Waals surface area contributed by atoms with Crippen LogP contribution in [-0.4, -0.2) is 54.7 Å². The highest BCUT2D eigenvalue weighted by Crippen LogP contribution is 2.19. The van der Waals surface area contributed by atoms with Crippen molar-refractivity contribution in [2.45, 2.75) is 58.4 Å². The fourth-order valence-corrected chi connectivity index (χ4v) is 4.28. The number of aryl methyl sites for hydroxylation is 2. The summed E-state index contributed by atoms with van der Waals surface area (Å²) in [5, 5.41) is 6.25. The Labute approximate surface area is 185 Å². The molecule has 1 aromatic rings. The molecule has 0 radical (unpaired) electrons. The second-order valence-corrected chi connectivity index (χ2v) is 8.48. The molecular formula is C23H34ClN3O3. The molecule has 0 aromatic heterocycles. The number of amides is 2. The number of carbonyl (C=O) groups excluding carboxylic acids is 3. The van der Waals surface area contributed by atoms with Crippen LogP contribution >= 0.6 is 12.4 Å². The molecular weight excluding hydrogens is 402 g/mol. The standard InChI is InChI=1S/C23H33N3O3.ClH/c1-16-7-8-17(2)19(13-16)21(27)9-10-22(28)26-12-4-5-18(15-26)14-25-23(29)20-6-3-11-24-20;/h7-8,13,18,20,24H,3-6,9-12,14-15H2,1-2H3,(H,25,29);1H. The van der Waals surface area contributed by atoms with Gasteiger partial charge in [-0.2, -0.15) is 0 Å². The van der Waals surface area contributed by atoms with Gasteiger partial charge in [-0.3, -0.25) is 14.4 Å². The Morgan fingerprint density at radius 3 is 2.67 bits per heavy atom. The van der Waals surface area contributed by atoms with E-state index in [2.05, 4.69) is 10.6 Å². The summed E-state index contributed by atoms with van der Waals surface area (Å²) in [6.07, 6.45) is 4.40. The lowest BCUT2D eigenvalue weighted by molar-refractivity contribution is -0.132. The average Bonchev–Trinajstić information content (AvgIpc) is 3.27. The van der Waals surface area contributed by atoms with E-state index in [1.807, 2.05) is 36.9 Å². The molecule has 2 atom stereocenters. The number of rotatable bonds is 7. The van der Waals surface area contributed by atoms with E-state index in [1.54, 1.807) is 0 Å². The highest BCUT2D eigenvalue weighted by Gasteiger charge is 2.26. The summed E-state index contributed by atoms with van der Waals surface area (Å²) in [7, 11) is 0. The van der Waals surface area contributed by atoms with Crippen LogP contribution in [0.4, 0.5) is 0 Å². The van der Waals surface area contributed by atoms with Crippen LogP contribution in [0.15, 0.2) is 18.2 Å². The zero-order chi connectivity index (χ0) is 20.8. The number of nitrogens with one attached hydrogen (secondary N) is 2. The van der Waals surface area contributed by atoms with Gasteiger partial charge in [0.1, 0.15) is 0 Å². The Bertz CT molecular complexity index is 762. The van der Waals surface area contributed by atoms with E-state index in [0.717, 1.165) is 55.5 Å². The van der Waals surface area contributed by atoms with E-state index in [9.17, 15) is 14.4 Å². The number of hydrogen-bond donors (Lipinski definition) is 2. The first-order chi connectivity index (χ1) is 13.9. The number of carbonyl (C=O) groups is 3. The number of nitrogens with zero attached hydrogens (tertiary/aromatic N) is 1. The van der Waals surface area contributed by atoms with Gasteiger partial charge in [-0.15, -0.1) is 12.4 Å². The summed E-state index contributed by atoms with van der Waals surface area (Å²) in [6.45, 7) is 6.82. The van der Waals surface area contributed by atoms with Crippen molar-refractivity contribution in [1.29, 1.82) is 0 Å². The summed E-state index contributed by atoms with van der Waals surface area (Å²) in [6, 6.07) is 5.79. The molecule has 0 bridgehead atoms. The van der Waals surface area contributed by atoms with Crippen molar-refractivity contribution >= 4 is 30.0 Å². The maximum Gasteiger partial charge on any atom is 0.237 e. The molecule has 0 aliphatic carbocycles. The van der Waals surface area contributed by atoms with Crippen molar-refractivity contribution < 1.29 is 14.4 Å². The highest BCUT2D eigenvalue weighted by molar-refractivity contribution is 5.99. The molecule has 0 spiro atoms. The van der Waals surface area contributed by atoms with Crippen molar-refractivity contribution in [3.63, 3.8) is 0 Å². The Morgan fingerprint density at radius 1 is 1.13 bits per heavy atom. The van der Waals surface area contributed by atoms with E-state index in [1.165, 1.54) is 0 Å². The number of likely N-dealkylation sites (tertiary alicyclic amines) is 1. The van der Waals surface area contributed by atoms with Crippen LogP contribution < -0.4 is 10.6 Å². The van der Waals surface area contributed by atoms with Crippen molar-refractivity contribution in [3.8, 4) is 0 Å². The molecule has 0 saturated carbocycles. The molecule has 2 fully saturated rings. The lowest BCUT2D eigenvalue weighted by Crippen LogP contribution is -2.46. The summed E-state index contributed by atoms with van der Waals surface area (Å²) < 4.78 is 0. The second-order valence-electron chi connectivity index (χ2n) is 8.48. The Hall–Kier alpha value is -1.92. The number of ketones is 1. The summed E-state index contributed by atoms with van der Waals surface area (Å²) in [5.41, 5.74) is 2.73. The predicted octanol–water partition coefficient (Wildman–Crippen LogP) is 2.79. The maximum atomic E-state index is 12.7.